The van der Waals surface area contributed by atoms with Gasteiger partial charge in [-0.2, -0.15) is 0 Å². The highest BCUT2D eigenvalue weighted by Crippen LogP contribution is 2.39. The second-order valence-electron chi connectivity index (χ2n) is 6.57. The fourth-order valence-electron chi connectivity index (χ4n) is 3.11. The van der Waals surface area contributed by atoms with Gasteiger partial charge in [0.25, 0.3) is 0 Å². The van der Waals surface area contributed by atoms with Crippen LogP contribution < -0.4 is 19.7 Å². The molecule has 0 aliphatic carbocycles. The van der Waals surface area contributed by atoms with Gasteiger partial charge in [-0.3, -0.25) is 4.79 Å². The molecule has 1 aliphatic heterocycles. The molecule has 3 rings (SSSR count). The Bertz CT molecular complexity index is 842. The van der Waals surface area contributed by atoms with Crippen molar-refractivity contribution in [1.82, 2.24) is 0 Å². The molecule has 0 unspecified atom stereocenters. The van der Waals surface area contributed by atoms with Crippen molar-refractivity contribution < 1.29 is 23.4 Å². The number of benzene rings is 2. The van der Waals surface area contributed by atoms with Crippen LogP contribution in [0.15, 0.2) is 41.3 Å². The van der Waals surface area contributed by atoms with Crippen LogP contribution in [0, 0.1) is 5.82 Å². The highest BCUT2D eigenvalue weighted by atomic mass is 32.2. The second-order valence-corrected chi connectivity index (χ2v) is 7.62. The van der Waals surface area contributed by atoms with Gasteiger partial charge in [0.15, 0.2) is 0 Å². The quantitative estimate of drug-likeness (QED) is 0.597. The number of carbonyl (C=O) groups excluding carboxylic acids is 1. The molecule has 0 atom stereocenters. The van der Waals surface area contributed by atoms with E-state index in [-0.39, 0.29) is 17.5 Å². The molecule has 0 saturated carbocycles. The SMILES string of the molecule is CCOc1cc(N2CCOCC2)c(OCC)cc1NC(=O)CSc1ccc(F)cc1. The fraction of sp³-hybridized carbons (Fsp3) is 0.409. The van der Waals surface area contributed by atoms with Crippen LogP contribution in [0.5, 0.6) is 11.5 Å². The van der Waals surface area contributed by atoms with Crippen molar-refractivity contribution in [2.24, 2.45) is 0 Å². The molecule has 1 heterocycles. The summed E-state index contributed by atoms with van der Waals surface area (Å²) in [6, 6.07) is 9.81. The first-order valence-electron chi connectivity index (χ1n) is 10.0. The lowest BCUT2D eigenvalue weighted by atomic mass is 10.2. The summed E-state index contributed by atoms with van der Waals surface area (Å²) in [6.45, 7) is 7.68. The van der Waals surface area contributed by atoms with E-state index >= 15 is 0 Å². The van der Waals surface area contributed by atoms with Crippen LogP contribution in [0.2, 0.25) is 0 Å². The van der Waals surface area contributed by atoms with E-state index in [1.165, 1.54) is 23.9 Å². The summed E-state index contributed by atoms with van der Waals surface area (Å²) >= 11 is 1.34. The maximum absolute atomic E-state index is 13.0. The molecule has 1 amide bonds. The number of nitrogens with zero attached hydrogens (tertiary/aromatic N) is 1. The molecule has 30 heavy (non-hydrogen) atoms. The third kappa shape index (κ3) is 6.03. The first-order chi connectivity index (χ1) is 14.6. The van der Waals surface area contributed by atoms with Crippen molar-refractivity contribution in [3.8, 4) is 11.5 Å². The lowest BCUT2D eigenvalue weighted by Crippen LogP contribution is -2.36. The first kappa shape index (κ1) is 22.2. The van der Waals surface area contributed by atoms with Crippen LogP contribution >= 0.6 is 11.8 Å². The van der Waals surface area contributed by atoms with E-state index in [0.29, 0.717) is 43.6 Å². The van der Waals surface area contributed by atoms with E-state index in [4.69, 9.17) is 14.2 Å². The number of carbonyl (C=O) groups is 1. The summed E-state index contributed by atoms with van der Waals surface area (Å²) < 4.78 is 30.1. The molecule has 1 N–H and O–H groups in total. The number of hydrogen-bond donors (Lipinski definition) is 1. The normalized spacial score (nSPS) is 13.8. The smallest absolute Gasteiger partial charge is 0.234 e. The summed E-state index contributed by atoms with van der Waals surface area (Å²) in [4.78, 5) is 15.6. The van der Waals surface area contributed by atoms with Gasteiger partial charge in [0.2, 0.25) is 5.91 Å². The van der Waals surface area contributed by atoms with Crippen molar-refractivity contribution >= 4 is 29.0 Å². The Labute approximate surface area is 180 Å². The Morgan fingerprint density at radius 2 is 1.77 bits per heavy atom. The molecule has 2 aromatic rings. The number of halogens is 1. The minimum absolute atomic E-state index is 0.174. The zero-order chi connectivity index (χ0) is 21.3. The van der Waals surface area contributed by atoms with Gasteiger partial charge in [0, 0.05) is 30.1 Å². The second kappa shape index (κ2) is 11.1. The van der Waals surface area contributed by atoms with E-state index in [9.17, 15) is 9.18 Å². The van der Waals surface area contributed by atoms with Crippen molar-refractivity contribution in [2.75, 3.05) is 55.5 Å². The molecule has 162 valence electrons. The Morgan fingerprint density at radius 3 is 2.43 bits per heavy atom. The number of nitrogens with one attached hydrogen (secondary N) is 1. The van der Waals surface area contributed by atoms with E-state index in [0.717, 1.165) is 23.7 Å². The molecule has 6 nitrogen and oxygen atoms in total. The molecule has 0 radical (unpaired) electrons. The van der Waals surface area contributed by atoms with Crippen LogP contribution in [-0.4, -0.2) is 51.2 Å². The average molecular weight is 435 g/mol. The summed E-state index contributed by atoms with van der Waals surface area (Å²) in [5.41, 5.74) is 1.50. The van der Waals surface area contributed by atoms with Crippen molar-refractivity contribution in [1.29, 1.82) is 0 Å². The zero-order valence-electron chi connectivity index (χ0n) is 17.3. The maximum atomic E-state index is 13.0. The minimum atomic E-state index is -0.297. The molecule has 1 fully saturated rings. The third-order valence-electron chi connectivity index (χ3n) is 4.47. The lowest BCUT2D eigenvalue weighted by Gasteiger charge is -2.31. The van der Waals surface area contributed by atoms with E-state index in [1.54, 1.807) is 12.1 Å². The van der Waals surface area contributed by atoms with Crippen molar-refractivity contribution in [3.63, 3.8) is 0 Å². The van der Waals surface area contributed by atoms with Crippen LogP contribution in [0.4, 0.5) is 15.8 Å². The number of hydrogen-bond acceptors (Lipinski definition) is 6. The molecule has 0 aromatic heterocycles. The minimum Gasteiger partial charge on any atom is -0.492 e. The van der Waals surface area contributed by atoms with Gasteiger partial charge in [-0.1, -0.05) is 0 Å². The Kier molecular flexibility index (Phi) is 8.21. The summed E-state index contributed by atoms with van der Waals surface area (Å²) in [7, 11) is 0. The van der Waals surface area contributed by atoms with Crippen LogP contribution in [0.25, 0.3) is 0 Å². The van der Waals surface area contributed by atoms with E-state index in [2.05, 4.69) is 10.2 Å². The van der Waals surface area contributed by atoms with Gasteiger partial charge in [-0.25, -0.2) is 4.39 Å². The van der Waals surface area contributed by atoms with Gasteiger partial charge < -0.3 is 24.4 Å². The fourth-order valence-corrected chi connectivity index (χ4v) is 3.81. The largest absolute Gasteiger partial charge is 0.492 e. The van der Waals surface area contributed by atoms with Crippen LogP contribution in [-0.2, 0) is 9.53 Å². The summed E-state index contributed by atoms with van der Waals surface area (Å²) in [6.07, 6.45) is 0. The predicted molar refractivity (Wildman–Crippen MR) is 118 cm³/mol. The number of rotatable bonds is 9. The van der Waals surface area contributed by atoms with E-state index < -0.39 is 0 Å². The van der Waals surface area contributed by atoms with Crippen LogP contribution in [0.3, 0.4) is 0 Å². The van der Waals surface area contributed by atoms with Crippen LogP contribution in [0.1, 0.15) is 13.8 Å². The first-order valence-corrected chi connectivity index (χ1v) is 11.0. The lowest BCUT2D eigenvalue weighted by molar-refractivity contribution is -0.113. The van der Waals surface area contributed by atoms with Gasteiger partial charge in [0.1, 0.15) is 17.3 Å². The number of ether oxygens (including phenoxy) is 3. The number of thioether (sulfide) groups is 1. The van der Waals surface area contributed by atoms with Crippen molar-refractivity contribution in [2.45, 2.75) is 18.7 Å². The van der Waals surface area contributed by atoms with Gasteiger partial charge in [-0.15, -0.1) is 11.8 Å². The Hall–Kier alpha value is -2.45. The number of anilines is 2. The number of morpholine rings is 1. The zero-order valence-corrected chi connectivity index (χ0v) is 18.1. The Balaban J connectivity index is 1.76. The topological polar surface area (TPSA) is 60.0 Å². The van der Waals surface area contributed by atoms with Gasteiger partial charge >= 0.3 is 0 Å². The highest BCUT2D eigenvalue weighted by Gasteiger charge is 2.20. The maximum Gasteiger partial charge on any atom is 0.234 e. The number of amides is 1. The van der Waals surface area contributed by atoms with Crippen molar-refractivity contribution in [3.05, 3.63) is 42.2 Å². The molecule has 2 aromatic carbocycles. The molecule has 8 heteroatoms. The van der Waals surface area contributed by atoms with Gasteiger partial charge in [0.05, 0.1) is 43.6 Å². The average Bonchev–Trinajstić information content (AvgIpc) is 2.76. The standard InChI is InChI=1S/C22H27FN2O4S/c1-3-28-20-14-19(25-9-11-27-12-10-25)21(29-4-2)13-18(20)24-22(26)15-30-17-7-5-16(23)6-8-17/h5-8,13-14H,3-4,9-12,15H2,1-2H3,(H,24,26). The summed E-state index contributed by atoms with van der Waals surface area (Å²) in [5.74, 6) is 1.03. The molecule has 0 bridgehead atoms. The molecule has 0 spiro atoms. The molecular formula is C22H27FN2O4S. The molecule has 1 aliphatic rings. The van der Waals surface area contributed by atoms with E-state index in [1.807, 2.05) is 26.0 Å². The third-order valence-corrected chi connectivity index (χ3v) is 5.48. The predicted octanol–water partition coefficient (Wildman–Crippen LogP) is 4.19. The Morgan fingerprint density at radius 1 is 1.10 bits per heavy atom. The highest BCUT2D eigenvalue weighted by molar-refractivity contribution is 8.00. The molecule has 1 saturated heterocycles. The monoisotopic (exact) mass is 434 g/mol. The summed E-state index contributed by atoms with van der Waals surface area (Å²) in [5, 5.41) is 2.92. The molecular weight excluding hydrogens is 407 g/mol. The van der Waals surface area contributed by atoms with Gasteiger partial charge in [-0.05, 0) is 38.1 Å².